The van der Waals surface area contributed by atoms with Crippen LogP contribution in [-0.2, 0) is 5.41 Å². The normalized spacial score (nSPS) is 23.7. The average molecular weight is 293 g/mol. The smallest absolute Gasteiger partial charge is 0.0211 e. The molecule has 0 radical (unpaired) electrons. The lowest BCUT2D eigenvalue weighted by Gasteiger charge is -2.32. The summed E-state index contributed by atoms with van der Waals surface area (Å²) in [4.78, 5) is 2.29. The molecule has 1 nitrogen and oxygen atoms in total. The molecule has 22 heavy (non-hydrogen) atoms. The van der Waals surface area contributed by atoms with Crippen molar-refractivity contribution in [3.05, 3.63) is 71.3 Å². The molecule has 0 saturated carbocycles. The molecule has 0 aromatic heterocycles. The first kappa shape index (κ1) is 15.3. The predicted octanol–water partition coefficient (Wildman–Crippen LogP) is 4.82. The van der Waals surface area contributed by atoms with Crippen LogP contribution in [0.15, 0.2) is 54.6 Å². The highest BCUT2D eigenvalue weighted by Gasteiger charge is 2.42. The Morgan fingerprint density at radius 1 is 1.00 bits per heavy atom. The van der Waals surface area contributed by atoms with Crippen LogP contribution >= 0.6 is 0 Å². The zero-order valence-corrected chi connectivity index (χ0v) is 14.0. The Morgan fingerprint density at radius 2 is 1.68 bits per heavy atom. The molecule has 1 aliphatic carbocycles. The second-order valence-corrected chi connectivity index (χ2v) is 7.05. The van der Waals surface area contributed by atoms with E-state index in [2.05, 4.69) is 80.5 Å². The molecule has 2 atom stereocenters. The fourth-order valence-corrected chi connectivity index (χ4v) is 4.21. The highest BCUT2D eigenvalue weighted by molar-refractivity contribution is 5.49. The van der Waals surface area contributed by atoms with Crippen LogP contribution in [0.25, 0.3) is 0 Å². The van der Waals surface area contributed by atoms with E-state index >= 15 is 0 Å². The first-order chi connectivity index (χ1) is 10.6. The summed E-state index contributed by atoms with van der Waals surface area (Å²) in [5.41, 5.74) is 4.81. The lowest BCUT2D eigenvalue weighted by Crippen LogP contribution is -2.27. The highest BCUT2D eigenvalue weighted by Crippen LogP contribution is 2.52. The van der Waals surface area contributed by atoms with Gasteiger partial charge in [-0.2, -0.15) is 0 Å². The molecule has 0 N–H and O–H groups in total. The number of nitrogens with zero attached hydrogens (tertiary/aromatic N) is 1. The summed E-state index contributed by atoms with van der Waals surface area (Å²) >= 11 is 0. The fraction of sp³-hybridized carbons (Fsp3) is 0.429. The lowest BCUT2D eigenvalue weighted by molar-refractivity contribution is 0.354. The van der Waals surface area contributed by atoms with Crippen LogP contribution in [0.3, 0.4) is 0 Å². The van der Waals surface area contributed by atoms with E-state index in [-0.39, 0.29) is 5.41 Å². The number of hydrogen-bond acceptors (Lipinski definition) is 1. The van der Waals surface area contributed by atoms with Crippen LogP contribution in [0.4, 0.5) is 0 Å². The van der Waals surface area contributed by atoms with Gasteiger partial charge < -0.3 is 4.90 Å². The molecule has 0 spiro atoms. The number of benzene rings is 2. The van der Waals surface area contributed by atoms with Gasteiger partial charge in [0.2, 0.25) is 0 Å². The highest BCUT2D eigenvalue weighted by atomic mass is 15.0. The maximum absolute atomic E-state index is 2.38. The van der Waals surface area contributed by atoms with Gasteiger partial charge in [0, 0.05) is 5.41 Å². The summed E-state index contributed by atoms with van der Waals surface area (Å²) in [6.45, 7) is 3.54. The zero-order valence-electron chi connectivity index (χ0n) is 14.0. The predicted molar refractivity (Wildman–Crippen MR) is 94.5 cm³/mol. The molecule has 2 aromatic carbocycles. The zero-order chi connectivity index (χ0) is 15.6. The second-order valence-electron chi connectivity index (χ2n) is 7.05. The second kappa shape index (κ2) is 6.26. The summed E-state index contributed by atoms with van der Waals surface area (Å²) in [6.07, 6.45) is 3.71. The monoisotopic (exact) mass is 293 g/mol. The minimum absolute atomic E-state index is 0.202. The maximum atomic E-state index is 2.38. The molecular formula is C21H27N. The Morgan fingerprint density at radius 3 is 2.41 bits per heavy atom. The quantitative estimate of drug-likeness (QED) is 0.764. The minimum atomic E-state index is 0.202. The summed E-state index contributed by atoms with van der Waals surface area (Å²) in [6, 6.07) is 20.2. The van der Waals surface area contributed by atoms with E-state index in [4.69, 9.17) is 0 Å². The summed E-state index contributed by atoms with van der Waals surface area (Å²) in [5.74, 6) is 0.649. The molecule has 0 aliphatic heterocycles. The standard InChI is InChI=1S/C21H27N/c1-17-16-21(14-9-15-22(2)3,18-10-5-4-6-11-18)20-13-8-7-12-19(17)20/h4-8,10-13,17H,9,14-16H2,1-3H3. The minimum Gasteiger partial charge on any atom is -0.309 e. The first-order valence-electron chi connectivity index (χ1n) is 8.43. The average Bonchev–Trinajstić information content (AvgIpc) is 2.82. The Balaban J connectivity index is 2.02. The van der Waals surface area contributed by atoms with E-state index in [9.17, 15) is 0 Å². The summed E-state index contributed by atoms with van der Waals surface area (Å²) < 4.78 is 0. The third-order valence-corrected chi connectivity index (χ3v) is 5.20. The molecule has 0 bridgehead atoms. The number of hydrogen-bond donors (Lipinski definition) is 0. The fourth-order valence-electron chi connectivity index (χ4n) is 4.21. The van der Waals surface area contributed by atoms with E-state index in [0.29, 0.717) is 5.92 Å². The van der Waals surface area contributed by atoms with Crippen molar-refractivity contribution < 1.29 is 0 Å². The van der Waals surface area contributed by atoms with Crippen LogP contribution in [-0.4, -0.2) is 25.5 Å². The molecule has 0 fully saturated rings. The largest absolute Gasteiger partial charge is 0.309 e. The van der Waals surface area contributed by atoms with Crippen molar-refractivity contribution in [3.8, 4) is 0 Å². The van der Waals surface area contributed by atoms with E-state index in [0.717, 1.165) is 6.54 Å². The molecule has 0 amide bonds. The van der Waals surface area contributed by atoms with Crippen molar-refractivity contribution in [2.24, 2.45) is 0 Å². The molecule has 0 heterocycles. The van der Waals surface area contributed by atoms with Crippen molar-refractivity contribution >= 4 is 0 Å². The van der Waals surface area contributed by atoms with Crippen molar-refractivity contribution in [1.82, 2.24) is 4.90 Å². The van der Waals surface area contributed by atoms with Crippen LogP contribution in [0.1, 0.15) is 48.8 Å². The number of fused-ring (bicyclic) bond motifs is 1. The molecule has 1 heteroatoms. The van der Waals surface area contributed by atoms with Gasteiger partial charge in [-0.25, -0.2) is 0 Å². The van der Waals surface area contributed by atoms with Gasteiger partial charge in [-0.05, 0) is 62.5 Å². The van der Waals surface area contributed by atoms with Gasteiger partial charge in [-0.3, -0.25) is 0 Å². The van der Waals surface area contributed by atoms with Gasteiger partial charge >= 0.3 is 0 Å². The Bertz CT molecular complexity index is 617. The Kier molecular flexibility index (Phi) is 4.35. The summed E-state index contributed by atoms with van der Waals surface area (Å²) in [7, 11) is 4.33. The van der Waals surface area contributed by atoms with E-state index in [1.54, 1.807) is 11.1 Å². The maximum Gasteiger partial charge on any atom is 0.0211 e. The molecule has 3 rings (SSSR count). The molecule has 116 valence electrons. The van der Waals surface area contributed by atoms with Crippen molar-refractivity contribution in [3.63, 3.8) is 0 Å². The summed E-state index contributed by atoms with van der Waals surface area (Å²) in [5, 5.41) is 0. The third kappa shape index (κ3) is 2.70. The van der Waals surface area contributed by atoms with E-state index in [1.807, 2.05) is 0 Å². The molecule has 2 unspecified atom stereocenters. The van der Waals surface area contributed by atoms with Gasteiger partial charge in [0.25, 0.3) is 0 Å². The Labute approximate surface area is 135 Å². The van der Waals surface area contributed by atoms with Gasteiger partial charge in [0.1, 0.15) is 0 Å². The van der Waals surface area contributed by atoms with E-state index < -0.39 is 0 Å². The van der Waals surface area contributed by atoms with Gasteiger partial charge in [-0.15, -0.1) is 0 Å². The third-order valence-electron chi connectivity index (χ3n) is 5.20. The molecular weight excluding hydrogens is 266 g/mol. The topological polar surface area (TPSA) is 3.24 Å². The van der Waals surface area contributed by atoms with E-state index in [1.165, 1.54) is 24.8 Å². The first-order valence-corrected chi connectivity index (χ1v) is 8.43. The van der Waals surface area contributed by atoms with Crippen LogP contribution in [0.2, 0.25) is 0 Å². The van der Waals surface area contributed by atoms with Crippen molar-refractivity contribution in [1.29, 1.82) is 0 Å². The molecule has 2 aromatic rings. The molecule has 1 aliphatic rings. The number of rotatable bonds is 5. The van der Waals surface area contributed by atoms with Gasteiger partial charge in [0.05, 0.1) is 0 Å². The van der Waals surface area contributed by atoms with Gasteiger partial charge in [0.15, 0.2) is 0 Å². The van der Waals surface area contributed by atoms with Crippen LogP contribution in [0.5, 0.6) is 0 Å². The molecule has 0 saturated heterocycles. The van der Waals surface area contributed by atoms with Crippen molar-refractivity contribution in [2.45, 2.75) is 37.5 Å². The lowest BCUT2D eigenvalue weighted by atomic mass is 9.72. The Hall–Kier alpha value is -1.60. The van der Waals surface area contributed by atoms with Crippen molar-refractivity contribution in [2.75, 3.05) is 20.6 Å². The van der Waals surface area contributed by atoms with Crippen LogP contribution in [0, 0.1) is 0 Å². The van der Waals surface area contributed by atoms with Crippen LogP contribution < -0.4 is 0 Å². The van der Waals surface area contributed by atoms with Gasteiger partial charge in [-0.1, -0.05) is 61.5 Å². The SMILES string of the molecule is CC1CC(CCCN(C)C)(c2ccccc2)c2ccccc21.